The van der Waals surface area contributed by atoms with Crippen molar-refractivity contribution >= 4 is 70.7 Å². The van der Waals surface area contributed by atoms with Crippen LogP contribution in [0.25, 0.3) is 0 Å². The molecule has 0 aromatic rings. The monoisotopic (exact) mass is 331 g/mol. The zero-order chi connectivity index (χ0) is 12.0. The van der Waals surface area contributed by atoms with Gasteiger partial charge in [-0.25, -0.2) is 4.79 Å². The van der Waals surface area contributed by atoms with Crippen molar-refractivity contribution in [2.75, 3.05) is 12.4 Å². The van der Waals surface area contributed by atoms with E-state index in [1.807, 2.05) is 0 Å². The summed E-state index contributed by atoms with van der Waals surface area (Å²) in [6, 6.07) is 0. The minimum atomic E-state index is -1.03. The molecule has 2 unspecified atom stereocenters. The number of carboxylic acid groups (broad SMARTS) is 1. The van der Waals surface area contributed by atoms with Crippen molar-refractivity contribution in [1.29, 1.82) is 0 Å². The Labute approximate surface area is 119 Å². The lowest BCUT2D eigenvalue weighted by Crippen LogP contribution is -2.51. The van der Waals surface area contributed by atoms with Crippen LogP contribution >= 0.6 is 58.8 Å². The van der Waals surface area contributed by atoms with Gasteiger partial charge in [-0.3, -0.25) is 4.79 Å². The average Bonchev–Trinajstić information content (AvgIpc) is 2.24. The molecule has 2 N–H and O–H groups in total. The number of carbonyl (C=O) groups is 2. The number of halogens is 5. The number of ketones is 1. The van der Waals surface area contributed by atoms with E-state index in [-0.39, 0.29) is 23.6 Å². The highest BCUT2D eigenvalue weighted by Crippen LogP contribution is 2.31. The first kappa shape index (κ1) is 18.7. The summed E-state index contributed by atoms with van der Waals surface area (Å²) in [6.45, 7) is 0.316. The number of alkyl halides is 4. The quantitative estimate of drug-likeness (QED) is 0.762. The number of hydrogen-bond donors (Lipinski definition) is 2. The molecule has 4 nitrogen and oxygen atoms in total. The van der Waals surface area contributed by atoms with E-state index >= 15 is 0 Å². The molecule has 9 heteroatoms. The molecule has 1 saturated carbocycles. The summed E-state index contributed by atoms with van der Waals surface area (Å²) < 4.78 is 0. The molecule has 0 spiro atoms. The first-order chi connectivity index (χ1) is 6.91. The molecule has 16 heavy (non-hydrogen) atoms. The van der Waals surface area contributed by atoms with Crippen molar-refractivity contribution in [2.45, 2.75) is 16.1 Å². The number of carbonyl (C=O) groups excluding carboxylic acids is 1. The average molecular weight is 333 g/mol. The molecule has 2 atom stereocenters. The van der Waals surface area contributed by atoms with Gasteiger partial charge in [-0.05, 0) is 0 Å². The van der Waals surface area contributed by atoms with Crippen molar-refractivity contribution < 1.29 is 14.7 Å². The first-order valence-electron chi connectivity index (χ1n) is 3.90. The highest BCUT2D eigenvalue weighted by Gasteiger charge is 2.46. The van der Waals surface area contributed by atoms with Crippen LogP contribution in [0.3, 0.4) is 0 Å². The van der Waals surface area contributed by atoms with Gasteiger partial charge in [-0.2, -0.15) is 0 Å². The van der Waals surface area contributed by atoms with Gasteiger partial charge in [0.1, 0.15) is 10.8 Å². The largest absolute Gasteiger partial charge is 0.465 e. The maximum absolute atomic E-state index is 10.4. The van der Waals surface area contributed by atoms with Gasteiger partial charge >= 0.3 is 6.09 Å². The van der Waals surface area contributed by atoms with E-state index in [0.717, 1.165) is 0 Å². The normalized spacial score (nSPS) is 26.8. The smallest absolute Gasteiger partial charge is 0.404 e. The molecule has 1 aliphatic rings. The molecule has 0 aliphatic heterocycles. The van der Waals surface area contributed by atoms with E-state index in [4.69, 9.17) is 51.5 Å². The fourth-order valence-electron chi connectivity index (χ4n) is 0.650. The summed E-state index contributed by atoms with van der Waals surface area (Å²) >= 11 is 21.3. The van der Waals surface area contributed by atoms with Crippen LogP contribution in [0.4, 0.5) is 4.79 Å². The Bertz CT molecular complexity index is 228. The molecule has 1 fully saturated rings. The lowest BCUT2D eigenvalue weighted by Gasteiger charge is -2.29. The molecule has 96 valence electrons. The molecule has 1 aliphatic carbocycles. The van der Waals surface area contributed by atoms with Crippen molar-refractivity contribution in [3.63, 3.8) is 0 Å². The molecule has 1 amide bonds. The fourth-order valence-corrected chi connectivity index (χ4v) is 1.69. The lowest BCUT2D eigenvalue weighted by atomic mass is 9.96. The minimum absolute atomic E-state index is 0. The number of amides is 1. The summed E-state index contributed by atoms with van der Waals surface area (Å²) in [5.41, 5.74) is 0. The highest BCUT2D eigenvalue weighted by molar-refractivity contribution is 6.52. The third-order valence-corrected chi connectivity index (χ3v) is 3.40. The van der Waals surface area contributed by atoms with Gasteiger partial charge in [-0.1, -0.05) is 0 Å². The summed E-state index contributed by atoms with van der Waals surface area (Å²) in [7, 11) is 0. The van der Waals surface area contributed by atoms with Gasteiger partial charge in [0.15, 0.2) is 5.78 Å². The molecule has 0 heterocycles. The molecular weight excluding hydrogens is 323 g/mol. The highest BCUT2D eigenvalue weighted by atomic mass is 35.5. The number of nitrogens with one attached hydrogen (secondary N) is 1. The Morgan fingerprint density at radius 1 is 1.31 bits per heavy atom. The van der Waals surface area contributed by atoms with Crippen molar-refractivity contribution in [1.82, 2.24) is 5.32 Å². The number of Topliss-reactive ketones (excluding diaryl/α,β-unsaturated/α-hetero) is 1. The van der Waals surface area contributed by atoms with Crippen LogP contribution in [0.2, 0.25) is 0 Å². The second-order valence-corrected chi connectivity index (χ2v) is 4.39. The predicted octanol–water partition coefficient (Wildman–Crippen LogP) is 2.31. The number of rotatable bonds is 2. The SMILES string of the molecule is Cl.O=C(O)NCCCl.O=C1C(Cl)C(Cl)C1Cl. The second kappa shape index (κ2) is 9.42. The van der Waals surface area contributed by atoms with Gasteiger partial charge in [0.25, 0.3) is 0 Å². The standard InChI is InChI=1S/C4H3Cl3O.C3H6ClNO2.ClH/c5-1-2(6)4(8)3(1)7;4-1-2-5-3(6)7;/h1-3H;5H,1-2H2,(H,6,7);1H. The maximum atomic E-state index is 10.4. The Hall–Kier alpha value is 0.390. The van der Waals surface area contributed by atoms with Crippen LogP contribution < -0.4 is 5.32 Å². The van der Waals surface area contributed by atoms with E-state index in [1.54, 1.807) is 0 Å². The van der Waals surface area contributed by atoms with Gasteiger partial charge in [0.05, 0.1) is 5.38 Å². The Kier molecular flexibility index (Phi) is 11.0. The van der Waals surface area contributed by atoms with Crippen LogP contribution in [-0.2, 0) is 4.79 Å². The Morgan fingerprint density at radius 3 is 1.88 bits per heavy atom. The lowest BCUT2D eigenvalue weighted by molar-refractivity contribution is -0.122. The van der Waals surface area contributed by atoms with Crippen LogP contribution in [0.15, 0.2) is 0 Å². The number of hydrogen-bond acceptors (Lipinski definition) is 2. The second-order valence-electron chi connectivity index (χ2n) is 2.57. The summed E-state index contributed by atoms with van der Waals surface area (Å²) in [5.74, 6) is 0.167. The van der Waals surface area contributed by atoms with E-state index in [2.05, 4.69) is 5.32 Å². The van der Waals surface area contributed by atoms with Crippen molar-refractivity contribution in [3.05, 3.63) is 0 Å². The molecule has 0 aromatic carbocycles. The van der Waals surface area contributed by atoms with Gasteiger partial charge in [0, 0.05) is 12.4 Å². The van der Waals surface area contributed by atoms with E-state index < -0.39 is 16.8 Å². The maximum Gasteiger partial charge on any atom is 0.404 e. The van der Waals surface area contributed by atoms with Gasteiger partial charge in [0.2, 0.25) is 0 Å². The van der Waals surface area contributed by atoms with Crippen molar-refractivity contribution in [3.8, 4) is 0 Å². The molecular formula is C7H10Cl5NO3. The zero-order valence-electron chi connectivity index (χ0n) is 7.83. The zero-order valence-corrected chi connectivity index (χ0v) is 11.7. The predicted molar refractivity (Wildman–Crippen MR) is 67.9 cm³/mol. The van der Waals surface area contributed by atoms with Crippen LogP contribution in [-0.4, -0.2) is 45.5 Å². The fraction of sp³-hybridized carbons (Fsp3) is 0.714. The third kappa shape index (κ3) is 6.21. The van der Waals surface area contributed by atoms with E-state index in [0.29, 0.717) is 12.4 Å². The topological polar surface area (TPSA) is 66.4 Å². The first-order valence-corrected chi connectivity index (χ1v) is 5.75. The molecule has 0 aromatic heterocycles. The van der Waals surface area contributed by atoms with Gasteiger partial charge in [-0.15, -0.1) is 58.8 Å². The van der Waals surface area contributed by atoms with Crippen molar-refractivity contribution in [2.24, 2.45) is 0 Å². The Balaban J connectivity index is 0. The van der Waals surface area contributed by atoms with Crippen LogP contribution in [0, 0.1) is 0 Å². The molecule has 0 radical (unpaired) electrons. The molecule has 0 bridgehead atoms. The van der Waals surface area contributed by atoms with Crippen LogP contribution in [0.1, 0.15) is 0 Å². The van der Waals surface area contributed by atoms with E-state index in [9.17, 15) is 9.59 Å². The molecule has 1 rings (SSSR count). The minimum Gasteiger partial charge on any atom is -0.465 e. The van der Waals surface area contributed by atoms with Gasteiger partial charge < -0.3 is 10.4 Å². The Morgan fingerprint density at radius 2 is 1.75 bits per heavy atom. The molecule has 0 saturated heterocycles. The van der Waals surface area contributed by atoms with E-state index in [1.165, 1.54) is 0 Å². The third-order valence-electron chi connectivity index (χ3n) is 1.47. The summed E-state index contributed by atoms with van der Waals surface area (Å²) in [6.07, 6.45) is -1.03. The van der Waals surface area contributed by atoms with Crippen LogP contribution in [0.5, 0.6) is 0 Å². The summed E-state index contributed by atoms with van der Waals surface area (Å²) in [5, 5.41) is 8.47. The summed E-state index contributed by atoms with van der Waals surface area (Å²) in [4.78, 5) is 20.0.